The summed E-state index contributed by atoms with van der Waals surface area (Å²) in [6.45, 7) is 2.23. The molecule has 1 unspecified atom stereocenters. The first kappa shape index (κ1) is 13.8. The minimum absolute atomic E-state index is 0.146. The summed E-state index contributed by atoms with van der Waals surface area (Å²) in [6.07, 6.45) is -0.392. The topological polar surface area (TPSA) is 29.3 Å². The van der Waals surface area contributed by atoms with E-state index in [2.05, 4.69) is 0 Å². The molecule has 1 aliphatic carbocycles. The molecule has 16 heavy (non-hydrogen) atoms. The number of halogens is 3. The van der Waals surface area contributed by atoms with Crippen LogP contribution in [-0.4, -0.2) is 36.8 Å². The van der Waals surface area contributed by atoms with Crippen molar-refractivity contribution < 1.29 is 13.2 Å². The molecule has 0 radical (unpaired) electrons. The minimum atomic E-state index is -4.09. The van der Waals surface area contributed by atoms with Crippen molar-refractivity contribution in [3.63, 3.8) is 0 Å². The van der Waals surface area contributed by atoms with Gasteiger partial charge in [0.1, 0.15) is 0 Å². The summed E-state index contributed by atoms with van der Waals surface area (Å²) in [5, 5.41) is 0. The van der Waals surface area contributed by atoms with Gasteiger partial charge >= 0.3 is 6.18 Å². The van der Waals surface area contributed by atoms with Crippen LogP contribution in [0.15, 0.2) is 0 Å². The first-order chi connectivity index (χ1) is 7.46. The van der Waals surface area contributed by atoms with E-state index in [1.807, 2.05) is 6.92 Å². The molecule has 0 aromatic heterocycles. The fraction of sp³-hybridized carbons (Fsp3) is 1.00. The number of hydrogen-bond acceptors (Lipinski definition) is 2. The minimum Gasteiger partial charge on any atom is -0.330 e. The molecule has 1 saturated carbocycles. The van der Waals surface area contributed by atoms with Crippen LogP contribution in [0, 0.1) is 5.92 Å². The van der Waals surface area contributed by atoms with Crippen molar-refractivity contribution in [2.75, 3.05) is 19.6 Å². The third kappa shape index (κ3) is 5.16. The maximum Gasteiger partial charge on any atom is 0.401 e. The molecule has 0 saturated heterocycles. The molecule has 0 aliphatic heterocycles. The lowest BCUT2D eigenvalue weighted by atomic mass is 10.0. The summed E-state index contributed by atoms with van der Waals surface area (Å²) in [7, 11) is 0. The zero-order valence-electron chi connectivity index (χ0n) is 9.76. The molecule has 0 heterocycles. The van der Waals surface area contributed by atoms with E-state index in [1.165, 1.54) is 0 Å². The highest BCUT2D eigenvalue weighted by molar-refractivity contribution is 4.87. The Labute approximate surface area is 95.0 Å². The van der Waals surface area contributed by atoms with Crippen LogP contribution in [0.25, 0.3) is 0 Å². The largest absolute Gasteiger partial charge is 0.401 e. The van der Waals surface area contributed by atoms with Gasteiger partial charge in [-0.3, -0.25) is 4.90 Å². The van der Waals surface area contributed by atoms with Crippen LogP contribution >= 0.6 is 0 Å². The third-order valence-electron chi connectivity index (χ3n) is 2.97. The average Bonchev–Trinajstić information content (AvgIpc) is 2.96. The van der Waals surface area contributed by atoms with Crippen molar-refractivity contribution >= 4 is 0 Å². The van der Waals surface area contributed by atoms with E-state index in [4.69, 9.17) is 5.73 Å². The fourth-order valence-electron chi connectivity index (χ4n) is 2.04. The molecule has 0 aromatic rings. The van der Waals surface area contributed by atoms with E-state index in [1.54, 1.807) is 4.90 Å². The van der Waals surface area contributed by atoms with Gasteiger partial charge in [0.05, 0.1) is 6.54 Å². The standard InChI is InChI=1S/C11H21F3N2/c1-2-3-9(6-15)7-16(10-4-5-10)8-11(12,13)14/h9-10H,2-8,15H2,1H3. The molecule has 1 fully saturated rings. The zero-order valence-corrected chi connectivity index (χ0v) is 9.76. The Morgan fingerprint density at radius 1 is 1.38 bits per heavy atom. The highest BCUT2D eigenvalue weighted by Crippen LogP contribution is 2.31. The first-order valence-corrected chi connectivity index (χ1v) is 5.97. The van der Waals surface area contributed by atoms with Crippen molar-refractivity contribution in [3.8, 4) is 0 Å². The summed E-state index contributed by atoms with van der Waals surface area (Å²) in [5.41, 5.74) is 5.58. The van der Waals surface area contributed by atoms with E-state index in [0.717, 1.165) is 25.7 Å². The van der Waals surface area contributed by atoms with Gasteiger partial charge < -0.3 is 5.73 Å². The van der Waals surface area contributed by atoms with E-state index in [9.17, 15) is 13.2 Å². The van der Waals surface area contributed by atoms with Crippen molar-refractivity contribution in [3.05, 3.63) is 0 Å². The quantitative estimate of drug-likeness (QED) is 0.738. The predicted molar refractivity (Wildman–Crippen MR) is 58.1 cm³/mol. The molecule has 1 aliphatic rings. The summed E-state index contributed by atoms with van der Waals surface area (Å²) in [4.78, 5) is 1.56. The van der Waals surface area contributed by atoms with Crippen LogP contribution < -0.4 is 5.73 Å². The highest BCUT2D eigenvalue weighted by Gasteiger charge is 2.38. The average molecular weight is 238 g/mol. The molecule has 0 spiro atoms. The Hall–Kier alpha value is -0.290. The SMILES string of the molecule is CCCC(CN)CN(CC(F)(F)F)C1CC1. The smallest absolute Gasteiger partial charge is 0.330 e. The van der Waals surface area contributed by atoms with Crippen LogP contribution in [0.3, 0.4) is 0 Å². The maximum absolute atomic E-state index is 12.4. The van der Waals surface area contributed by atoms with Crippen LogP contribution in [0.1, 0.15) is 32.6 Å². The Morgan fingerprint density at radius 2 is 2.00 bits per heavy atom. The van der Waals surface area contributed by atoms with Crippen LogP contribution in [0.5, 0.6) is 0 Å². The zero-order chi connectivity index (χ0) is 12.2. The Kier molecular flexibility index (Phi) is 5.05. The van der Waals surface area contributed by atoms with Gasteiger partial charge in [-0.25, -0.2) is 0 Å². The van der Waals surface area contributed by atoms with Gasteiger partial charge in [-0.2, -0.15) is 13.2 Å². The van der Waals surface area contributed by atoms with E-state index in [-0.39, 0.29) is 12.0 Å². The number of alkyl halides is 3. The van der Waals surface area contributed by atoms with E-state index >= 15 is 0 Å². The van der Waals surface area contributed by atoms with Crippen LogP contribution in [-0.2, 0) is 0 Å². The molecule has 96 valence electrons. The van der Waals surface area contributed by atoms with Crippen molar-refractivity contribution in [2.45, 2.75) is 44.8 Å². The number of nitrogens with two attached hydrogens (primary N) is 1. The Bertz CT molecular complexity index is 202. The Morgan fingerprint density at radius 3 is 2.38 bits per heavy atom. The molecular weight excluding hydrogens is 217 g/mol. The van der Waals surface area contributed by atoms with Gasteiger partial charge in [0, 0.05) is 12.6 Å². The molecule has 0 amide bonds. The fourth-order valence-corrected chi connectivity index (χ4v) is 2.04. The molecule has 0 bridgehead atoms. The molecule has 1 atom stereocenters. The van der Waals surface area contributed by atoms with E-state index < -0.39 is 12.7 Å². The van der Waals surface area contributed by atoms with Crippen LogP contribution in [0.4, 0.5) is 13.2 Å². The van der Waals surface area contributed by atoms with Gasteiger partial charge in [0.15, 0.2) is 0 Å². The summed E-state index contributed by atoms with van der Waals surface area (Å²) < 4.78 is 37.1. The molecule has 2 N–H and O–H groups in total. The summed E-state index contributed by atoms with van der Waals surface area (Å²) in [6, 6.07) is 0.146. The normalized spacial score (nSPS) is 19.1. The molecular formula is C11H21F3N2. The lowest BCUT2D eigenvalue weighted by molar-refractivity contribution is -0.148. The summed E-state index contributed by atoms with van der Waals surface area (Å²) >= 11 is 0. The Balaban J connectivity index is 2.43. The van der Waals surface area contributed by atoms with Crippen molar-refractivity contribution in [2.24, 2.45) is 11.7 Å². The maximum atomic E-state index is 12.4. The monoisotopic (exact) mass is 238 g/mol. The lowest BCUT2D eigenvalue weighted by Gasteiger charge is -2.27. The van der Waals surface area contributed by atoms with Gasteiger partial charge in [-0.05, 0) is 31.7 Å². The second kappa shape index (κ2) is 5.87. The third-order valence-corrected chi connectivity index (χ3v) is 2.97. The number of rotatable bonds is 7. The van der Waals surface area contributed by atoms with Crippen molar-refractivity contribution in [1.29, 1.82) is 0 Å². The highest BCUT2D eigenvalue weighted by atomic mass is 19.4. The van der Waals surface area contributed by atoms with Crippen LogP contribution in [0.2, 0.25) is 0 Å². The number of nitrogens with zero attached hydrogens (tertiary/aromatic N) is 1. The molecule has 5 heteroatoms. The second-order valence-electron chi connectivity index (χ2n) is 4.67. The molecule has 0 aromatic carbocycles. The van der Waals surface area contributed by atoms with Gasteiger partial charge in [-0.1, -0.05) is 13.3 Å². The van der Waals surface area contributed by atoms with Gasteiger partial charge in [-0.15, -0.1) is 0 Å². The number of hydrogen-bond donors (Lipinski definition) is 1. The van der Waals surface area contributed by atoms with Gasteiger partial charge in [0.2, 0.25) is 0 Å². The molecule has 2 nitrogen and oxygen atoms in total. The summed E-state index contributed by atoms with van der Waals surface area (Å²) in [5.74, 6) is 0.202. The molecule has 1 rings (SSSR count). The van der Waals surface area contributed by atoms with E-state index in [0.29, 0.717) is 13.1 Å². The second-order valence-corrected chi connectivity index (χ2v) is 4.67. The van der Waals surface area contributed by atoms with Crippen molar-refractivity contribution in [1.82, 2.24) is 4.90 Å². The lowest BCUT2D eigenvalue weighted by Crippen LogP contribution is -2.40. The van der Waals surface area contributed by atoms with Gasteiger partial charge in [0.25, 0.3) is 0 Å². The first-order valence-electron chi connectivity index (χ1n) is 5.97. The predicted octanol–water partition coefficient (Wildman–Crippen LogP) is 2.39.